The Bertz CT molecular complexity index is 1030. The van der Waals surface area contributed by atoms with Crippen LogP contribution in [0.3, 0.4) is 0 Å². The van der Waals surface area contributed by atoms with Crippen LogP contribution in [-0.4, -0.2) is 43.8 Å². The van der Waals surface area contributed by atoms with Gasteiger partial charge in [0, 0.05) is 30.4 Å². The van der Waals surface area contributed by atoms with Crippen molar-refractivity contribution >= 4 is 27.3 Å². The maximum Gasteiger partial charge on any atom is 0.311 e. The molecule has 0 aliphatic carbocycles. The van der Waals surface area contributed by atoms with Gasteiger partial charge in [-0.25, -0.2) is 8.42 Å². The molecule has 10 heteroatoms. The lowest BCUT2D eigenvalue weighted by molar-refractivity contribution is -0.385. The third-order valence-electron chi connectivity index (χ3n) is 4.41. The van der Waals surface area contributed by atoms with E-state index in [1.807, 2.05) is 0 Å². The molecule has 9 nitrogen and oxygen atoms in total. The summed E-state index contributed by atoms with van der Waals surface area (Å²) < 4.78 is 31.9. The number of aryl methyl sites for hydroxylation is 1. The average Bonchev–Trinajstić information content (AvgIpc) is 2.69. The molecule has 0 heterocycles. The van der Waals surface area contributed by atoms with Crippen molar-refractivity contribution in [3.05, 3.63) is 57.6 Å². The van der Waals surface area contributed by atoms with Crippen molar-refractivity contribution in [3.63, 3.8) is 0 Å². The lowest BCUT2D eigenvalue weighted by Crippen LogP contribution is -2.31. The van der Waals surface area contributed by atoms with Gasteiger partial charge in [-0.15, -0.1) is 0 Å². The number of anilines is 1. The van der Waals surface area contributed by atoms with Crippen LogP contribution in [-0.2, 0) is 10.0 Å². The minimum absolute atomic E-state index is 0.0366. The van der Waals surface area contributed by atoms with Gasteiger partial charge in [-0.3, -0.25) is 14.9 Å². The molecule has 1 amide bonds. The highest BCUT2D eigenvalue weighted by atomic mass is 32.2. The molecule has 0 radical (unpaired) electrons. The SMILES string of the molecule is CCN(CC)S(=O)(=O)c1cc(NC(=O)c2ccc(OC)c([N+](=O)[O-])c2)ccc1C. The molecule has 0 bridgehead atoms. The lowest BCUT2D eigenvalue weighted by atomic mass is 10.1. The molecule has 0 aromatic heterocycles. The fourth-order valence-electron chi connectivity index (χ4n) is 2.84. The van der Waals surface area contributed by atoms with Crippen LogP contribution in [0.15, 0.2) is 41.3 Å². The molecule has 0 unspecified atom stereocenters. The van der Waals surface area contributed by atoms with E-state index in [0.717, 1.165) is 6.07 Å². The maximum atomic E-state index is 12.8. The molecule has 2 aromatic rings. The summed E-state index contributed by atoms with van der Waals surface area (Å²) in [7, 11) is -2.41. The number of nitrogens with zero attached hydrogens (tertiary/aromatic N) is 2. The quantitative estimate of drug-likeness (QED) is 0.516. The van der Waals surface area contributed by atoms with E-state index in [-0.39, 0.29) is 27.6 Å². The molecule has 0 fully saturated rings. The molecular formula is C19H23N3O6S. The Morgan fingerprint density at radius 3 is 2.38 bits per heavy atom. The van der Waals surface area contributed by atoms with Crippen LogP contribution in [0, 0.1) is 17.0 Å². The van der Waals surface area contributed by atoms with Gasteiger partial charge < -0.3 is 10.1 Å². The molecule has 29 heavy (non-hydrogen) atoms. The van der Waals surface area contributed by atoms with E-state index in [9.17, 15) is 23.3 Å². The molecule has 1 N–H and O–H groups in total. The van der Waals surface area contributed by atoms with Crippen LogP contribution in [0.4, 0.5) is 11.4 Å². The largest absolute Gasteiger partial charge is 0.490 e. The van der Waals surface area contributed by atoms with Gasteiger partial charge in [0.25, 0.3) is 5.91 Å². The second-order valence-corrected chi connectivity index (χ2v) is 8.07. The number of carbonyl (C=O) groups is 1. The predicted molar refractivity (Wildman–Crippen MR) is 109 cm³/mol. The van der Waals surface area contributed by atoms with E-state index < -0.39 is 20.9 Å². The molecule has 0 aliphatic heterocycles. The number of amides is 1. The molecule has 2 aromatic carbocycles. The van der Waals surface area contributed by atoms with Crippen LogP contribution in [0.1, 0.15) is 29.8 Å². The minimum atomic E-state index is -3.71. The number of benzene rings is 2. The third-order valence-corrected chi connectivity index (χ3v) is 6.60. The lowest BCUT2D eigenvalue weighted by Gasteiger charge is -2.20. The van der Waals surface area contributed by atoms with E-state index >= 15 is 0 Å². The van der Waals surface area contributed by atoms with Gasteiger partial charge in [-0.05, 0) is 36.8 Å². The van der Waals surface area contributed by atoms with E-state index in [1.54, 1.807) is 32.9 Å². The van der Waals surface area contributed by atoms with Crippen molar-refractivity contribution in [2.75, 3.05) is 25.5 Å². The number of nitro benzene ring substituents is 1. The number of hydrogen-bond acceptors (Lipinski definition) is 6. The van der Waals surface area contributed by atoms with Crippen molar-refractivity contribution in [2.45, 2.75) is 25.7 Å². The number of methoxy groups -OCH3 is 1. The van der Waals surface area contributed by atoms with Crippen molar-refractivity contribution < 1.29 is 22.9 Å². The van der Waals surface area contributed by atoms with Gasteiger partial charge in [-0.1, -0.05) is 19.9 Å². The summed E-state index contributed by atoms with van der Waals surface area (Å²) in [6, 6.07) is 8.39. The van der Waals surface area contributed by atoms with E-state index in [4.69, 9.17) is 4.74 Å². The second-order valence-electron chi connectivity index (χ2n) is 6.17. The van der Waals surface area contributed by atoms with E-state index in [1.165, 1.54) is 29.6 Å². The molecule has 2 rings (SSSR count). The summed E-state index contributed by atoms with van der Waals surface area (Å²) in [4.78, 5) is 23.2. The number of nitrogens with one attached hydrogen (secondary N) is 1. The topological polar surface area (TPSA) is 119 Å². The second kappa shape index (κ2) is 9.01. The Morgan fingerprint density at radius 2 is 1.83 bits per heavy atom. The summed E-state index contributed by atoms with van der Waals surface area (Å²) in [6.07, 6.45) is 0. The number of nitro groups is 1. The van der Waals surface area contributed by atoms with Gasteiger partial charge in [-0.2, -0.15) is 4.31 Å². The first-order valence-electron chi connectivity index (χ1n) is 8.90. The number of rotatable bonds is 8. The average molecular weight is 421 g/mol. The highest BCUT2D eigenvalue weighted by Crippen LogP contribution is 2.28. The summed E-state index contributed by atoms with van der Waals surface area (Å²) in [5.74, 6) is -0.569. The molecule has 156 valence electrons. The zero-order valence-electron chi connectivity index (χ0n) is 16.6. The molecule has 0 aliphatic rings. The van der Waals surface area contributed by atoms with Crippen LogP contribution in [0.2, 0.25) is 0 Å². The molecule has 0 spiro atoms. The Kier molecular flexibility index (Phi) is 6.93. The Hall–Kier alpha value is -2.98. The third kappa shape index (κ3) is 4.72. The minimum Gasteiger partial charge on any atom is -0.490 e. The van der Waals surface area contributed by atoms with Crippen molar-refractivity contribution in [3.8, 4) is 5.75 Å². The molecule has 0 atom stereocenters. The van der Waals surface area contributed by atoms with Crippen molar-refractivity contribution in [1.82, 2.24) is 4.31 Å². The van der Waals surface area contributed by atoms with Crippen molar-refractivity contribution in [2.24, 2.45) is 0 Å². The summed E-state index contributed by atoms with van der Waals surface area (Å²) in [6.45, 7) is 5.82. The van der Waals surface area contributed by atoms with Crippen LogP contribution in [0.25, 0.3) is 0 Å². The number of hydrogen-bond donors (Lipinski definition) is 1. The first kappa shape index (κ1) is 22.3. The van der Waals surface area contributed by atoms with Gasteiger partial charge in [0.2, 0.25) is 10.0 Å². The highest BCUT2D eigenvalue weighted by molar-refractivity contribution is 7.89. The molecule has 0 saturated carbocycles. The van der Waals surface area contributed by atoms with E-state index in [0.29, 0.717) is 18.7 Å². The number of carbonyl (C=O) groups excluding carboxylic acids is 1. The molecular weight excluding hydrogens is 398 g/mol. The van der Waals surface area contributed by atoms with Crippen LogP contribution >= 0.6 is 0 Å². The zero-order chi connectivity index (χ0) is 21.8. The number of ether oxygens (including phenoxy) is 1. The Balaban J connectivity index is 2.37. The first-order chi connectivity index (χ1) is 13.6. The Labute approximate surface area is 169 Å². The first-order valence-corrected chi connectivity index (χ1v) is 10.3. The highest BCUT2D eigenvalue weighted by Gasteiger charge is 2.24. The van der Waals surface area contributed by atoms with Crippen molar-refractivity contribution in [1.29, 1.82) is 0 Å². The standard InChI is InChI=1S/C19H23N3O6S/c1-5-21(6-2)29(26,27)18-12-15(9-7-13(18)3)20-19(23)14-8-10-17(28-4)16(11-14)22(24)25/h7-12H,5-6H2,1-4H3,(H,20,23). The van der Waals surface area contributed by atoms with E-state index in [2.05, 4.69) is 5.32 Å². The molecule has 0 saturated heterocycles. The monoisotopic (exact) mass is 421 g/mol. The number of sulfonamides is 1. The summed E-state index contributed by atoms with van der Waals surface area (Å²) >= 11 is 0. The predicted octanol–water partition coefficient (Wildman–Crippen LogP) is 3.19. The van der Waals surface area contributed by atoms with Gasteiger partial charge in [0.1, 0.15) is 0 Å². The normalized spacial score (nSPS) is 11.3. The van der Waals surface area contributed by atoms with Gasteiger partial charge >= 0.3 is 5.69 Å². The van der Waals surface area contributed by atoms with Crippen LogP contribution < -0.4 is 10.1 Å². The maximum absolute atomic E-state index is 12.8. The fourth-order valence-corrected chi connectivity index (χ4v) is 4.54. The van der Waals surface area contributed by atoms with Crippen LogP contribution in [0.5, 0.6) is 5.75 Å². The zero-order valence-corrected chi connectivity index (χ0v) is 17.4. The van der Waals surface area contributed by atoms with Gasteiger partial charge in [0.15, 0.2) is 5.75 Å². The fraction of sp³-hybridized carbons (Fsp3) is 0.316. The Morgan fingerprint density at radius 1 is 1.17 bits per heavy atom. The summed E-state index contributed by atoms with van der Waals surface area (Å²) in [5, 5.41) is 13.7. The smallest absolute Gasteiger partial charge is 0.311 e. The summed E-state index contributed by atoms with van der Waals surface area (Å²) in [5.41, 5.74) is 0.528. The van der Waals surface area contributed by atoms with Gasteiger partial charge in [0.05, 0.1) is 16.9 Å².